The Kier molecular flexibility index (Phi) is 7.22. The summed E-state index contributed by atoms with van der Waals surface area (Å²) in [6, 6.07) is 15.6. The van der Waals surface area contributed by atoms with Crippen molar-refractivity contribution in [1.82, 2.24) is 15.4 Å². The predicted octanol–water partition coefficient (Wildman–Crippen LogP) is 4.79. The number of likely N-dealkylation sites (tertiary alicyclic amines) is 1. The van der Waals surface area contributed by atoms with Crippen molar-refractivity contribution >= 4 is 5.91 Å². The van der Waals surface area contributed by atoms with Gasteiger partial charge in [-0.2, -0.15) is 0 Å². The van der Waals surface area contributed by atoms with Crippen LogP contribution in [0.3, 0.4) is 0 Å². The molecule has 0 radical (unpaired) electrons. The highest BCUT2D eigenvalue weighted by atomic mass is 16.5. The fourth-order valence-electron chi connectivity index (χ4n) is 4.11. The number of carbonyl (C=O) groups is 1. The van der Waals surface area contributed by atoms with Crippen LogP contribution in [-0.2, 0) is 19.7 Å². The minimum absolute atomic E-state index is 0.111. The summed E-state index contributed by atoms with van der Waals surface area (Å²) in [6.07, 6.45) is 3.87. The molecule has 0 unspecified atom stereocenters. The highest BCUT2D eigenvalue weighted by molar-refractivity contribution is 5.94. The van der Waals surface area contributed by atoms with Gasteiger partial charge in [-0.1, -0.05) is 41.9 Å². The van der Waals surface area contributed by atoms with Crippen LogP contribution in [0.25, 0.3) is 0 Å². The summed E-state index contributed by atoms with van der Waals surface area (Å²) in [4.78, 5) is 15.3. The van der Waals surface area contributed by atoms with Gasteiger partial charge in [0.15, 0.2) is 0 Å². The van der Waals surface area contributed by atoms with Crippen LogP contribution in [0.5, 0.6) is 5.75 Å². The number of nitrogens with zero attached hydrogens (tertiary/aromatic N) is 2. The first-order valence-corrected chi connectivity index (χ1v) is 11.3. The van der Waals surface area contributed by atoms with Gasteiger partial charge in [-0.05, 0) is 69.1 Å². The Bertz CT molecular complexity index is 1030. The molecule has 0 spiro atoms. The quantitative estimate of drug-likeness (QED) is 0.553. The zero-order valence-electron chi connectivity index (χ0n) is 18.9. The number of hydrogen-bond donors (Lipinski definition) is 1. The van der Waals surface area contributed by atoms with Crippen molar-refractivity contribution < 1.29 is 14.1 Å². The van der Waals surface area contributed by atoms with Crippen molar-refractivity contribution in [2.75, 3.05) is 13.1 Å². The summed E-state index contributed by atoms with van der Waals surface area (Å²) in [5.41, 5.74) is 4.78. The second-order valence-corrected chi connectivity index (χ2v) is 8.41. The summed E-state index contributed by atoms with van der Waals surface area (Å²) in [5, 5.41) is 7.02. The lowest BCUT2D eigenvalue weighted by Crippen LogP contribution is -2.30. The van der Waals surface area contributed by atoms with Gasteiger partial charge < -0.3 is 14.6 Å². The normalized spacial score (nSPS) is 14.3. The molecule has 0 bridgehead atoms. The number of nitrogens with one attached hydrogen (secondary N) is 1. The van der Waals surface area contributed by atoms with E-state index in [2.05, 4.69) is 33.6 Å². The molecular formula is C26H31N3O3. The van der Waals surface area contributed by atoms with E-state index in [1.165, 1.54) is 24.8 Å². The SMILES string of the molecule is Cc1noc(C)c1COc1cccc(C(=O)NCc2ccccc2CN2CCCCC2)c1. The molecule has 0 saturated carbocycles. The molecule has 4 rings (SSSR count). The third kappa shape index (κ3) is 5.56. The maximum absolute atomic E-state index is 12.8. The minimum Gasteiger partial charge on any atom is -0.489 e. The molecule has 2 heterocycles. The zero-order chi connectivity index (χ0) is 22.3. The molecule has 3 aromatic rings. The molecule has 0 aliphatic carbocycles. The summed E-state index contributed by atoms with van der Waals surface area (Å²) < 4.78 is 11.1. The average Bonchev–Trinajstić information content (AvgIpc) is 3.15. The molecule has 6 nitrogen and oxygen atoms in total. The topological polar surface area (TPSA) is 67.6 Å². The first kappa shape index (κ1) is 22.1. The van der Waals surface area contributed by atoms with E-state index in [-0.39, 0.29) is 5.91 Å². The van der Waals surface area contributed by atoms with Gasteiger partial charge in [-0.15, -0.1) is 0 Å². The number of amides is 1. The third-order valence-corrected chi connectivity index (χ3v) is 6.06. The number of rotatable bonds is 8. The second kappa shape index (κ2) is 10.5. The fraction of sp³-hybridized carbons (Fsp3) is 0.385. The first-order chi connectivity index (χ1) is 15.6. The minimum atomic E-state index is -0.111. The van der Waals surface area contributed by atoms with Gasteiger partial charge >= 0.3 is 0 Å². The Hall–Kier alpha value is -3.12. The standard InChI is InChI=1S/C26H31N3O3/c1-19-25(20(2)32-28-19)18-31-24-12-8-11-21(15-24)26(30)27-16-22-9-4-5-10-23(22)17-29-13-6-3-7-14-29/h4-5,8-12,15H,3,6-7,13-14,16-18H2,1-2H3,(H,27,30). The molecule has 1 aliphatic heterocycles. The average molecular weight is 434 g/mol. The van der Waals surface area contributed by atoms with Crippen molar-refractivity contribution in [3.8, 4) is 5.75 Å². The van der Waals surface area contributed by atoms with Crippen LogP contribution in [0.15, 0.2) is 53.1 Å². The van der Waals surface area contributed by atoms with Crippen LogP contribution in [0.1, 0.15) is 57.8 Å². The van der Waals surface area contributed by atoms with E-state index in [0.717, 1.165) is 42.2 Å². The van der Waals surface area contributed by atoms with Gasteiger partial charge in [-0.25, -0.2) is 0 Å². The summed E-state index contributed by atoms with van der Waals surface area (Å²) in [5.74, 6) is 1.28. The predicted molar refractivity (Wildman–Crippen MR) is 123 cm³/mol. The van der Waals surface area contributed by atoms with Crippen LogP contribution in [-0.4, -0.2) is 29.1 Å². The van der Waals surface area contributed by atoms with Gasteiger partial charge in [0, 0.05) is 18.7 Å². The lowest BCUT2D eigenvalue weighted by molar-refractivity contribution is 0.0950. The molecule has 1 amide bonds. The zero-order valence-corrected chi connectivity index (χ0v) is 18.9. The van der Waals surface area contributed by atoms with E-state index < -0.39 is 0 Å². The van der Waals surface area contributed by atoms with Crippen molar-refractivity contribution in [1.29, 1.82) is 0 Å². The maximum atomic E-state index is 12.8. The molecule has 1 aromatic heterocycles. The van der Waals surface area contributed by atoms with E-state index in [0.29, 0.717) is 24.5 Å². The largest absolute Gasteiger partial charge is 0.489 e. The Morgan fingerprint density at radius 2 is 1.84 bits per heavy atom. The monoisotopic (exact) mass is 433 g/mol. The molecule has 6 heteroatoms. The highest BCUT2D eigenvalue weighted by Crippen LogP contribution is 2.19. The van der Waals surface area contributed by atoms with E-state index in [4.69, 9.17) is 9.26 Å². The van der Waals surface area contributed by atoms with Crippen LogP contribution < -0.4 is 10.1 Å². The van der Waals surface area contributed by atoms with E-state index in [9.17, 15) is 4.79 Å². The third-order valence-electron chi connectivity index (χ3n) is 6.06. The summed E-state index contributed by atoms with van der Waals surface area (Å²) >= 11 is 0. The van der Waals surface area contributed by atoms with Gasteiger partial charge in [0.25, 0.3) is 5.91 Å². The smallest absolute Gasteiger partial charge is 0.251 e. The van der Waals surface area contributed by atoms with E-state index in [1.807, 2.05) is 32.0 Å². The summed E-state index contributed by atoms with van der Waals surface area (Å²) in [7, 11) is 0. The van der Waals surface area contributed by atoms with Crippen molar-refractivity contribution in [2.24, 2.45) is 0 Å². The number of hydrogen-bond acceptors (Lipinski definition) is 5. The van der Waals surface area contributed by atoms with Gasteiger partial charge in [0.05, 0.1) is 11.3 Å². The van der Waals surface area contributed by atoms with Gasteiger partial charge in [0.1, 0.15) is 18.1 Å². The van der Waals surface area contributed by atoms with Crippen LogP contribution in [0.2, 0.25) is 0 Å². The first-order valence-electron chi connectivity index (χ1n) is 11.3. The number of benzene rings is 2. The molecular weight excluding hydrogens is 402 g/mol. The van der Waals surface area contributed by atoms with Crippen molar-refractivity contribution in [2.45, 2.75) is 52.8 Å². The molecule has 1 fully saturated rings. The lowest BCUT2D eigenvalue weighted by atomic mass is 10.0. The number of piperidine rings is 1. The molecule has 2 aromatic carbocycles. The molecule has 0 atom stereocenters. The molecule has 1 saturated heterocycles. The van der Waals surface area contributed by atoms with E-state index >= 15 is 0 Å². The molecule has 1 aliphatic rings. The summed E-state index contributed by atoms with van der Waals surface area (Å²) in [6.45, 7) is 7.87. The van der Waals surface area contributed by atoms with Crippen molar-refractivity contribution in [3.63, 3.8) is 0 Å². The van der Waals surface area contributed by atoms with Crippen LogP contribution in [0.4, 0.5) is 0 Å². The number of aryl methyl sites for hydroxylation is 2. The van der Waals surface area contributed by atoms with Crippen LogP contribution >= 0.6 is 0 Å². The molecule has 1 N–H and O–H groups in total. The Labute approximate surface area is 189 Å². The highest BCUT2D eigenvalue weighted by Gasteiger charge is 2.14. The molecule has 168 valence electrons. The fourth-order valence-corrected chi connectivity index (χ4v) is 4.11. The maximum Gasteiger partial charge on any atom is 0.251 e. The number of ether oxygens (including phenoxy) is 1. The van der Waals surface area contributed by atoms with Gasteiger partial charge in [0.2, 0.25) is 0 Å². The number of carbonyl (C=O) groups excluding carboxylic acids is 1. The molecule has 32 heavy (non-hydrogen) atoms. The Morgan fingerprint density at radius 1 is 1.06 bits per heavy atom. The lowest BCUT2D eigenvalue weighted by Gasteiger charge is -2.27. The second-order valence-electron chi connectivity index (χ2n) is 8.41. The van der Waals surface area contributed by atoms with Crippen molar-refractivity contribution in [3.05, 3.63) is 82.2 Å². The van der Waals surface area contributed by atoms with Crippen LogP contribution in [0, 0.1) is 13.8 Å². The number of aromatic nitrogens is 1. The van der Waals surface area contributed by atoms with Gasteiger partial charge in [-0.3, -0.25) is 9.69 Å². The Morgan fingerprint density at radius 3 is 2.59 bits per heavy atom. The van der Waals surface area contributed by atoms with E-state index in [1.54, 1.807) is 12.1 Å². The Balaban J connectivity index is 1.36.